The molecule has 122 valence electrons. The van der Waals surface area contributed by atoms with Gasteiger partial charge >= 0.3 is 0 Å². The number of aromatic nitrogens is 2. The Hall–Kier alpha value is -1.88. The topological polar surface area (TPSA) is 52.2 Å². The highest BCUT2D eigenvalue weighted by atomic mass is 16.2. The molecule has 2 unspecified atom stereocenters. The monoisotopic (exact) mass is 312 g/mol. The number of para-hydroxylation sites is 1. The Morgan fingerprint density at radius 2 is 2.00 bits per heavy atom. The molecule has 2 aliphatic heterocycles. The molecule has 5 nitrogen and oxygen atoms in total. The van der Waals surface area contributed by atoms with Crippen LogP contribution in [0.1, 0.15) is 31.4 Å². The predicted molar refractivity (Wildman–Crippen MR) is 90.2 cm³/mol. The van der Waals surface area contributed by atoms with Crippen molar-refractivity contribution in [3.8, 4) is 0 Å². The second kappa shape index (κ2) is 5.96. The summed E-state index contributed by atoms with van der Waals surface area (Å²) >= 11 is 0. The largest absolute Gasteiger partial charge is 0.338 e. The third kappa shape index (κ3) is 2.63. The average Bonchev–Trinajstić information content (AvgIpc) is 3.27. The SMILES string of the molecule is CN1CCCC1C1CCCN1C(=O)Cc1[nH]nc2ccccc12. The fraction of sp³-hybridized carbons (Fsp3) is 0.556. The quantitative estimate of drug-likeness (QED) is 0.945. The third-order valence-electron chi connectivity index (χ3n) is 5.51. The zero-order valence-corrected chi connectivity index (χ0v) is 13.7. The number of likely N-dealkylation sites (N-methyl/N-ethyl adjacent to an activating group) is 1. The molecule has 0 saturated carbocycles. The van der Waals surface area contributed by atoms with Crippen molar-refractivity contribution in [1.29, 1.82) is 0 Å². The van der Waals surface area contributed by atoms with E-state index in [0.717, 1.165) is 42.5 Å². The van der Waals surface area contributed by atoms with Gasteiger partial charge in [-0.2, -0.15) is 5.10 Å². The van der Waals surface area contributed by atoms with Crippen LogP contribution in [0.5, 0.6) is 0 Å². The summed E-state index contributed by atoms with van der Waals surface area (Å²) in [6.45, 7) is 2.06. The fourth-order valence-corrected chi connectivity index (χ4v) is 4.33. The number of H-pyrrole nitrogens is 1. The molecule has 5 heteroatoms. The van der Waals surface area contributed by atoms with E-state index >= 15 is 0 Å². The number of amides is 1. The van der Waals surface area contributed by atoms with E-state index in [0.29, 0.717) is 18.5 Å². The molecule has 1 aromatic heterocycles. The van der Waals surface area contributed by atoms with Crippen LogP contribution < -0.4 is 0 Å². The molecule has 4 rings (SSSR count). The molecule has 23 heavy (non-hydrogen) atoms. The van der Waals surface area contributed by atoms with E-state index in [9.17, 15) is 4.79 Å². The van der Waals surface area contributed by atoms with Crippen LogP contribution in [0.15, 0.2) is 24.3 Å². The van der Waals surface area contributed by atoms with Crippen molar-refractivity contribution in [3.63, 3.8) is 0 Å². The summed E-state index contributed by atoms with van der Waals surface area (Å²) < 4.78 is 0. The van der Waals surface area contributed by atoms with Crippen molar-refractivity contribution >= 4 is 16.8 Å². The lowest BCUT2D eigenvalue weighted by Gasteiger charge is -2.33. The Balaban J connectivity index is 1.52. The van der Waals surface area contributed by atoms with Gasteiger partial charge in [0.25, 0.3) is 0 Å². The highest BCUT2D eigenvalue weighted by Crippen LogP contribution is 2.29. The first kappa shape index (κ1) is 14.7. The van der Waals surface area contributed by atoms with Gasteiger partial charge in [0.15, 0.2) is 0 Å². The zero-order chi connectivity index (χ0) is 15.8. The molecule has 2 fully saturated rings. The number of hydrogen-bond donors (Lipinski definition) is 1. The van der Waals surface area contributed by atoms with E-state index in [4.69, 9.17) is 0 Å². The number of nitrogens with one attached hydrogen (secondary N) is 1. The number of aromatic amines is 1. The van der Waals surface area contributed by atoms with E-state index in [1.807, 2.05) is 24.3 Å². The Bertz CT molecular complexity index is 710. The summed E-state index contributed by atoms with van der Waals surface area (Å²) in [5, 5.41) is 8.42. The molecule has 1 aromatic carbocycles. The molecular weight excluding hydrogens is 288 g/mol. The first-order valence-electron chi connectivity index (χ1n) is 8.66. The highest BCUT2D eigenvalue weighted by molar-refractivity contribution is 5.87. The van der Waals surface area contributed by atoms with Crippen LogP contribution in [-0.2, 0) is 11.2 Å². The Morgan fingerprint density at radius 1 is 1.22 bits per heavy atom. The maximum absolute atomic E-state index is 12.9. The van der Waals surface area contributed by atoms with Crippen molar-refractivity contribution in [1.82, 2.24) is 20.0 Å². The molecule has 1 N–H and O–H groups in total. The fourth-order valence-electron chi connectivity index (χ4n) is 4.33. The minimum Gasteiger partial charge on any atom is -0.338 e. The molecule has 1 amide bonds. The zero-order valence-electron chi connectivity index (χ0n) is 13.7. The molecule has 0 radical (unpaired) electrons. The van der Waals surface area contributed by atoms with E-state index < -0.39 is 0 Å². The summed E-state index contributed by atoms with van der Waals surface area (Å²) in [6.07, 6.45) is 5.17. The van der Waals surface area contributed by atoms with Crippen LogP contribution in [0.2, 0.25) is 0 Å². The molecule has 2 atom stereocenters. The lowest BCUT2D eigenvalue weighted by Crippen LogP contribution is -2.47. The second-order valence-electron chi connectivity index (χ2n) is 6.88. The summed E-state index contributed by atoms with van der Waals surface area (Å²) in [5.74, 6) is 0.238. The van der Waals surface area contributed by atoms with Gasteiger partial charge in [0.1, 0.15) is 0 Å². The number of fused-ring (bicyclic) bond motifs is 1. The number of rotatable bonds is 3. The lowest BCUT2D eigenvalue weighted by molar-refractivity contribution is -0.132. The third-order valence-corrected chi connectivity index (χ3v) is 5.51. The van der Waals surface area contributed by atoms with Crippen molar-refractivity contribution in [2.75, 3.05) is 20.1 Å². The van der Waals surface area contributed by atoms with E-state index in [1.165, 1.54) is 12.8 Å². The van der Waals surface area contributed by atoms with Gasteiger partial charge in [-0.1, -0.05) is 18.2 Å². The molecule has 0 aliphatic carbocycles. The van der Waals surface area contributed by atoms with Crippen molar-refractivity contribution in [2.45, 2.75) is 44.2 Å². The molecule has 2 aliphatic rings. The van der Waals surface area contributed by atoms with Gasteiger partial charge in [0, 0.05) is 24.0 Å². The van der Waals surface area contributed by atoms with Gasteiger partial charge in [-0.3, -0.25) is 9.89 Å². The Morgan fingerprint density at radius 3 is 2.83 bits per heavy atom. The molecule has 3 heterocycles. The number of hydrogen-bond acceptors (Lipinski definition) is 3. The molecule has 0 bridgehead atoms. The van der Waals surface area contributed by atoms with Gasteiger partial charge in [-0.25, -0.2) is 0 Å². The molecule has 0 spiro atoms. The number of benzene rings is 1. The maximum atomic E-state index is 12.9. The normalized spacial score (nSPS) is 25.5. The highest BCUT2D eigenvalue weighted by Gasteiger charge is 2.38. The minimum atomic E-state index is 0.238. The summed E-state index contributed by atoms with van der Waals surface area (Å²) in [5.41, 5.74) is 1.87. The first-order chi connectivity index (χ1) is 11.2. The number of carbonyl (C=O) groups is 1. The van der Waals surface area contributed by atoms with Gasteiger partial charge < -0.3 is 9.80 Å². The predicted octanol–water partition coefficient (Wildman–Crippen LogP) is 2.19. The van der Waals surface area contributed by atoms with Crippen LogP contribution in [0.25, 0.3) is 10.9 Å². The van der Waals surface area contributed by atoms with Crippen LogP contribution in [-0.4, -0.2) is 58.1 Å². The molecule has 2 saturated heterocycles. The van der Waals surface area contributed by atoms with Gasteiger partial charge in [0.05, 0.1) is 17.6 Å². The molecule has 2 aromatic rings. The van der Waals surface area contributed by atoms with Crippen molar-refractivity contribution in [2.24, 2.45) is 0 Å². The van der Waals surface area contributed by atoms with Crippen LogP contribution in [0.4, 0.5) is 0 Å². The smallest absolute Gasteiger partial charge is 0.228 e. The van der Waals surface area contributed by atoms with Gasteiger partial charge in [-0.15, -0.1) is 0 Å². The number of nitrogens with zero attached hydrogens (tertiary/aromatic N) is 3. The van der Waals surface area contributed by atoms with Crippen LogP contribution >= 0.6 is 0 Å². The number of carbonyl (C=O) groups excluding carboxylic acids is 1. The van der Waals surface area contributed by atoms with E-state index in [2.05, 4.69) is 27.0 Å². The number of likely N-dealkylation sites (tertiary alicyclic amines) is 2. The average molecular weight is 312 g/mol. The maximum Gasteiger partial charge on any atom is 0.228 e. The summed E-state index contributed by atoms with van der Waals surface area (Å²) in [7, 11) is 2.20. The summed E-state index contributed by atoms with van der Waals surface area (Å²) in [6, 6.07) is 8.92. The van der Waals surface area contributed by atoms with Crippen molar-refractivity contribution in [3.05, 3.63) is 30.0 Å². The van der Waals surface area contributed by atoms with Gasteiger partial charge in [-0.05, 0) is 45.3 Å². The summed E-state index contributed by atoms with van der Waals surface area (Å²) in [4.78, 5) is 17.4. The minimum absolute atomic E-state index is 0.238. The van der Waals surface area contributed by atoms with Crippen LogP contribution in [0, 0.1) is 0 Å². The first-order valence-corrected chi connectivity index (χ1v) is 8.66. The Kier molecular flexibility index (Phi) is 3.81. The lowest BCUT2D eigenvalue weighted by atomic mass is 10.0. The van der Waals surface area contributed by atoms with Crippen LogP contribution in [0.3, 0.4) is 0 Å². The van der Waals surface area contributed by atoms with E-state index in [1.54, 1.807) is 0 Å². The molecular formula is C18H24N4O. The standard InChI is InChI=1S/C18H24N4O/c1-21-10-4-8-16(21)17-9-5-11-22(17)18(23)12-15-13-6-2-3-7-14(13)19-20-15/h2-3,6-7,16-17H,4-5,8-12H2,1H3,(H,19,20). The van der Waals surface area contributed by atoms with Crippen molar-refractivity contribution < 1.29 is 4.79 Å². The van der Waals surface area contributed by atoms with Gasteiger partial charge in [0.2, 0.25) is 5.91 Å². The Labute approximate surface area is 136 Å². The second-order valence-corrected chi connectivity index (χ2v) is 6.88. The van der Waals surface area contributed by atoms with E-state index in [-0.39, 0.29) is 5.91 Å².